The number of hydrogen-bond donors (Lipinski definition) is 0. The van der Waals surface area contributed by atoms with Gasteiger partial charge in [-0.15, -0.1) is 0 Å². The van der Waals surface area contributed by atoms with Crippen molar-refractivity contribution in [1.82, 2.24) is 0 Å². The maximum atomic E-state index is 2.38. The van der Waals surface area contributed by atoms with E-state index in [0.29, 0.717) is 0 Å². The van der Waals surface area contributed by atoms with Gasteiger partial charge in [-0.3, -0.25) is 0 Å². The minimum Gasteiger partial charge on any atom is -0.0879 e. The highest BCUT2D eigenvalue weighted by Crippen LogP contribution is 2.36. The summed E-state index contributed by atoms with van der Waals surface area (Å²) in [5.41, 5.74) is 5.59. The van der Waals surface area contributed by atoms with Crippen molar-refractivity contribution in [3.05, 3.63) is 82.9 Å². The standard InChI is InChI=1S/C22H28/c1-7-17(2)21(3,4)19-14-11-15-20(16-19)22(5,6)18-12-9-8-10-13-18/h7-16H,1-6H3/b17-7+. The van der Waals surface area contributed by atoms with Gasteiger partial charge in [-0.25, -0.2) is 0 Å². The van der Waals surface area contributed by atoms with Crippen LogP contribution in [0.15, 0.2) is 66.2 Å². The van der Waals surface area contributed by atoms with Gasteiger partial charge in [0.25, 0.3) is 0 Å². The molecule has 0 radical (unpaired) electrons. The number of hydrogen-bond acceptors (Lipinski definition) is 0. The first-order valence-corrected chi connectivity index (χ1v) is 8.10. The molecule has 0 saturated heterocycles. The van der Waals surface area contributed by atoms with Crippen molar-refractivity contribution in [3.8, 4) is 0 Å². The van der Waals surface area contributed by atoms with E-state index in [2.05, 4.69) is 102 Å². The predicted octanol–water partition coefficient (Wildman–Crippen LogP) is 6.26. The van der Waals surface area contributed by atoms with Crippen molar-refractivity contribution >= 4 is 0 Å². The Morgan fingerprint density at radius 2 is 1.32 bits per heavy atom. The van der Waals surface area contributed by atoms with Gasteiger partial charge < -0.3 is 0 Å². The second kappa shape index (κ2) is 6.12. The van der Waals surface area contributed by atoms with E-state index < -0.39 is 0 Å². The van der Waals surface area contributed by atoms with Crippen LogP contribution >= 0.6 is 0 Å². The summed E-state index contributed by atoms with van der Waals surface area (Å²) in [6.45, 7) is 13.5. The Hall–Kier alpha value is -1.82. The fourth-order valence-corrected chi connectivity index (χ4v) is 2.91. The van der Waals surface area contributed by atoms with E-state index in [1.165, 1.54) is 22.3 Å². The van der Waals surface area contributed by atoms with Crippen LogP contribution in [0.4, 0.5) is 0 Å². The van der Waals surface area contributed by atoms with Crippen LogP contribution in [0.5, 0.6) is 0 Å². The Morgan fingerprint density at radius 1 is 0.773 bits per heavy atom. The zero-order chi connectivity index (χ0) is 16.4. The third-order valence-corrected chi connectivity index (χ3v) is 5.22. The summed E-state index contributed by atoms with van der Waals surface area (Å²) < 4.78 is 0. The van der Waals surface area contributed by atoms with Gasteiger partial charge in [0.15, 0.2) is 0 Å². The summed E-state index contributed by atoms with van der Waals surface area (Å²) in [6.07, 6.45) is 2.22. The molecular formula is C22H28. The average Bonchev–Trinajstić information content (AvgIpc) is 2.55. The first kappa shape index (κ1) is 16.5. The average molecular weight is 292 g/mol. The molecule has 0 bridgehead atoms. The first-order chi connectivity index (χ1) is 10.3. The van der Waals surface area contributed by atoms with E-state index in [9.17, 15) is 0 Å². The largest absolute Gasteiger partial charge is 0.0879 e. The van der Waals surface area contributed by atoms with Gasteiger partial charge in [-0.2, -0.15) is 0 Å². The van der Waals surface area contributed by atoms with Gasteiger partial charge >= 0.3 is 0 Å². The fourth-order valence-electron chi connectivity index (χ4n) is 2.91. The van der Waals surface area contributed by atoms with Crippen molar-refractivity contribution < 1.29 is 0 Å². The fraction of sp³-hybridized carbons (Fsp3) is 0.364. The highest BCUT2D eigenvalue weighted by atomic mass is 14.3. The van der Waals surface area contributed by atoms with Crippen LogP contribution in [0.1, 0.15) is 58.2 Å². The normalized spacial score (nSPS) is 13.3. The van der Waals surface area contributed by atoms with Crippen LogP contribution in [-0.2, 0) is 10.8 Å². The van der Waals surface area contributed by atoms with Crippen LogP contribution in [0, 0.1) is 0 Å². The maximum Gasteiger partial charge on any atom is 0.0146 e. The van der Waals surface area contributed by atoms with E-state index in [1.807, 2.05) is 0 Å². The Morgan fingerprint density at radius 3 is 1.91 bits per heavy atom. The lowest BCUT2D eigenvalue weighted by atomic mass is 9.73. The van der Waals surface area contributed by atoms with E-state index in [1.54, 1.807) is 0 Å². The monoisotopic (exact) mass is 292 g/mol. The minimum absolute atomic E-state index is 0.0111. The molecule has 2 aromatic carbocycles. The molecule has 0 aliphatic heterocycles. The van der Waals surface area contributed by atoms with Gasteiger partial charge in [0.05, 0.1) is 0 Å². The van der Waals surface area contributed by atoms with Crippen molar-refractivity contribution in [2.45, 2.75) is 52.4 Å². The third-order valence-electron chi connectivity index (χ3n) is 5.22. The number of allylic oxidation sites excluding steroid dienone is 2. The van der Waals surface area contributed by atoms with Crippen molar-refractivity contribution in [3.63, 3.8) is 0 Å². The predicted molar refractivity (Wildman–Crippen MR) is 97.5 cm³/mol. The van der Waals surface area contributed by atoms with Crippen LogP contribution in [0.3, 0.4) is 0 Å². The topological polar surface area (TPSA) is 0 Å². The van der Waals surface area contributed by atoms with Crippen LogP contribution in [-0.4, -0.2) is 0 Å². The third kappa shape index (κ3) is 3.02. The molecular weight excluding hydrogens is 264 g/mol. The van der Waals surface area contributed by atoms with Gasteiger partial charge in [0.1, 0.15) is 0 Å². The molecule has 2 aromatic rings. The molecule has 22 heavy (non-hydrogen) atoms. The number of rotatable bonds is 4. The summed E-state index contributed by atoms with van der Waals surface area (Å²) in [5, 5.41) is 0. The van der Waals surface area contributed by atoms with E-state index in [0.717, 1.165) is 0 Å². The molecule has 0 N–H and O–H groups in total. The molecule has 116 valence electrons. The van der Waals surface area contributed by atoms with E-state index >= 15 is 0 Å². The van der Waals surface area contributed by atoms with Crippen LogP contribution < -0.4 is 0 Å². The molecule has 0 atom stereocenters. The second-order valence-electron chi connectivity index (χ2n) is 7.17. The molecule has 0 aliphatic carbocycles. The SMILES string of the molecule is C/C=C(\C)C(C)(C)c1cccc(C(C)(C)c2ccccc2)c1. The van der Waals surface area contributed by atoms with Crippen molar-refractivity contribution in [1.29, 1.82) is 0 Å². The highest BCUT2D eigenvalue weighted by Gasteiger charge is 2.27. The Kier molecular flexibility index (Phi) is 4.60. The molecule has 2 rings (SSSR count). The van der Waals surface area contributed by atoms with Crippen molar-refractivity contribution in [2.75, 3.05) is 0 Å². The van der Waals surface area contributed by atoms with Crippen molar-refractivity contribution in [2.24, 2.45) is 0 Å². The molecule has 0 nitrogen and oxygen atoms in total. The molecule has 0 aliphatic rings. The molecule has 0 saturated carbocycles. The lowest BCUT2D eigenvalue weighted by Gasteiger charge is -2.31. The van der Waals surface area contributed by atoms with Crippen LogP contribution in [0.2, 0.25) is 0 Å². The number of benzene rings is 2. The molecule has 0 spiro atoms. The van der Waals surface area contributed by atoms with E-state index in [-0.39, 0.29) is 10.8 Å². The molecule has 0 unspecified atom stereocenters. The molecule has 0 fully saturated rings. The summed E-state index contributed by atoms with van der Waals surface area (Å²) in [4.78, 5) is 0. The summed E-state index contributed by atoms with van der Waals surface area (Å²) in [5.74, 6) is 0. The van der Waals surface area contributed by atoms with Gasteiger partial charge in [0.2, 0.25) is 0 Å². The zero-order valence-corrected chi connectivity index (χ0v) is 14.8. The highest BCUT2D eigenvalue weighted by molar-refractivity contribution is 5.43. The second-order valence-corrected chi connectivity index (χ2v) is 7.17. The lowest BCUT2D eigenvalue weighted by Crippen LogP contribution is -2.22. The molecule has 0 amide bonds. The van der Waals surface area contributed by atoms with Gasteiger partial charge in [-0.05, 0) is 30.5 Å². The smallest absolute Gasteiger partial charge is 0.0146 e. The zero-order valence-electron chi connectivity index (χ0n) is 14.8. The Balaban J connectivity index is 2.49. The summed E-state index contributed by atoms with van der Waals surface area (Å²) in [7, 11) is 0. The molecule has 0 heterocycles. The van der Waals surface area contributed by atoms with Gasteiger partial charge in [-0.1, -0.05) is 93.9 Å². The van der Waals surface area contributed by atoms with Crippen LogP contribution in [0.25, 0.3) is 0 Å². The molecule has 0 heteroatoms. The minimum atomic E-state index is 0.0111. The summed E-state index contributed by atoms with van der Waals surface area (Å²) in [6, 6.07) is 19.8. The molecule has 0 aromatic heterocycles. The maximum absolute atomic E-state index is 2.38. The van der Waals surface area contributed by atoms with Gasteiger partial charge in [0, 0.05) is 10.8 Å². The summed E-state index contributed by atoms with van der Waals surface area (Å²) >= 11 is 0. The first-order valence-electron chi connectivity index (χ1n) is 8.10. The Labute approximate surface area is 135 Å². The Bertz CT molecular complexity index is 657. The quantitative estimate of drug-likeness (QED) is 0.584. The lowest BCUT2D eigenvalue weighted by molar-refractivity contribution is 0.607. The van der Waals surface area contributed by atoms with E-state index in [4.69, 9.17) is 0 Å².